The van der Waals surface area contributed by atoms with Gasteiger partial charge in [-0.25, -0.2) is 0 Å². The Morgan fingerprint density at radius 1 is 1.73 bits per heavy atom. The molecule has 0 aromatic heterocycles. The van der Waals surface area contributed by atoms with Crippen LogP contribution in [0.4, 0.5) is 0 Å². The van der Waals surface area contributed by atoms with Crippen LogP contribution in [0.2, 0.25) is 0 Å². The van der Waals surface area contributed by atoms with Crippen LogP contribution in [-0.4, -0.2) is 31.7 Å². The van der Waals surface area contributed by atoms with Crippen molar-refractivity contribution in [2.75, 3.05) is 19.7 Å². The molecule has 1 unspecified atom stereocenters. The second-order valence-electron chi connectivity index (χ2n) is 2.27. The Kier molecular flexibility index (Phi) is 5.78. The van der Waals surface area contributed by atoms with Crippen molar-refractivity contribution in [3.05, 3.63) is 0 Å². The summed E-state index contributed by atoms with van der Waals surface area (Å²) in [6, 6.07) is 0. The van der Waals surface area contributed by atoms with E-state index in [0.29, 0.717) is 13.2 Å². The lowest BCUT2D eigenvalue weighted by atomic mass is 10.4. The van der Waals surface area contributed by atoms with Gasteiger partial charge in [0.1, 0.15) is 0 Å². The number of amides is 1. The summed E-state index contributed by atoms with van der Waals surface area (Å²) in [5, 5.41) is 2.63. The molecule has 0 aliphatic heterocycles. The van der Waals surface area contributed by atoms with Gasteiger partial charge in [0, 0.05) is 13.2 Å². The Labute approximate surface area is 67.1 Å². The Morgan fingerprint density at radius 2 is 2.36 bits per heavy atom. The highest BCUT2D eigenvalue weighted by Crippen LogP contribution is 1.86. The first-order valence-electron chi connectivity index (χ1n) is 3.79. The fraction of sp³-hybridized carbons (Fsp3) is 0.857. The first kappa shape index (κ1) is 10.4. The average molecular weight is 160 g/mol. The molecule has 0 heterocycles. The van der Waals surface area contributed by atoms with Crippen LogP contribution in [0, 0.1) is 0 Å². The minimum atomic E-state index is -0.142. The molecule has 0 saturated carbocycles. The Hall–Kier alpha value is -0.610. The zero-order valence-corrected chi connectivity index (χ0v) is 7.09. The second-order valence-corrected chi connectivity index (χ2v) is 2.27. The van der Waals surface area contributed by atoms with Crippen molar-refractivity contribution >= 4 is 5.91 Å². The van der Waals surface area contributed by atoms with Crippen LogP contribution in [0.15, 0.2) is 0 Å². The third-order valence-corrected chi connectivity index (χ3v) is 1.22. The summed E-state index contributed by atoms with van der Waals surface area (Å²) in [5.74, 6) is -0.142. The van der Waals surface area contributed by atoms with Gasteiger partial charge in [-0.3, -0.25) is 4.79 Å². The quantitative estimate of drug-likeness (QED) is 0.569. The molecule has 0 aliphatic rings. The van der Waals surface area contributed by atoms with Gasteiger partial charge < -0.3 is 15.8 Å². The van der Waals surface area contributed by atoms with Gasteiger partial charge in [0.2, 0.25) is 5.91 Å². The van der Waals surface area contributed by atoms with Crippen molar-refractivity contribution < 1.29 is 9.53 Å². The van der Waals surface area contributed by atoms with Crippen molar-refractivity contribution in [3.63, 3.8) is 0 Å². The van der Waals surface area contributed by atoms with Crippen molar-refractivity contribution in [1.82, 2.24) is 5.32 Å². The second kappa shape index (κ2) is 6.12. The predicted octanol–water partition coefficient (Wildman–Crippen LogP) is -0.514. The number of nitrogens with one attached hydrogen (secondary N) is 1. The number of hydrogen-bond acceptors (Lipinski definition) is 3. The molecule has 4 heteroatoms. The molecule has 0 fully saturated rings. The van der Waals surface area contributed by atoms with E-state index in [-0.39, 0.29) is 18.6 Å². The number of carbonyl (C=O) groups is 1. The van der Waals surface area contributed by atoms with E-state index in [2.05, 4.69) is 5.32 Å². The van der Waals surface area contributed by atoms with Crippen LogP contribution >= 0.6 is 0 Å². The van der Waals surface area contributed by atoms with Crippen LogP contribution in [0.5, 0.6) is 0 Å². The monoisotopic (exact) mass is 160 g/mol. The van der Waals surface area contributed by atoms with E-state index >= 15 is 0 Å². The van der Waals surface area contributed by atoms with Crippen LogP contribution in [0.1, 0.15) is 13.8 Å². The summed E-state index contributed by atoms with van der Waals surface area (Å²) in [5.41, 5.74) is 5.08. The fourth-order valence-electron chi connectivity index (χ4n) is 0.673. The van der Waals surface area contributed by atoms with E-state index in [9.17, 15) is 4.79 Å². The third kappa shape index (κ3) is 5.82. The standard InChI is InChI=1S/C7H16N2O2/c1-3-11-6(2)5-9-7(10)4-8/h6H,3-5,8H2,1-2H3,(H,9,10). The number of ether oxygens (including phenoxy) is 1. The first-order valence-corrected chi connectivity index (χ1v) is 3.79. The molecule has 0 aromatic carbocycles. The summed E-state index contributed by atoms with van der Waals surface area (Å²) in [6.45, 7) is 5.06. The smallest absolute Gasteiger partial charge is 0.233 e. The molecule has 1 amide bonds. The summed E-state index contributed by atoms with van der Waals surface area (Å²) in [7, 11) is 0. The summed E-state index contributed by atoms with van der Waals surface area (Å²) in [4.78, 5) is 10.6. The largest absolute Gasteiger partial charge is 0.377 e. The van der Waals surface area contributed by atoms with E-state index in [4.69, 9.17) is 10.5 Å². The van der Waals surface area contributed by atoms with Crippen molar-refractivity contribution in [3.8, 4) is 0 Å². The normalized spacial score (nSPS) is 12.6. The molecular weight excluding hydrogens is 144 g/mol. The Balaban J connectivity index is 3.29. The summed E-state index contributed by atoms with van der Waals surface area (Å²) < 4.78 is 5.18. The molecule has 0 bridgehead atoms. The van der Waals surface area contributed by atoms with Gasteiger partial charge >= 0.3 is 0 Å². The molecule has 0 spiro atoms. The molecule has 11 heavy (non-hydrogen) atoms. The highest BCUT2D eigenvalue weighted by Gasteiger charge is 2.01. The lowest BCUT2D eigenvalue weighted by molar-refractivity contribution is -0.120. The number of rotatable bonds is 5. The van der Waals surface area contributed by atoms with E-state index in [1.54, 1.807) is 0 Å². The zero-order chi connectivity index (χ0) is 8.69. The predicted molar refractivity (Wildman–Crippen MR) is 43.2 cm³/mol. The molecule has 0 aliphatic carbocycles. The maximum atomic E-state index is 10.6. The van der Waals surface area contributed by atoms with E-state index < -0.39 is 0 Å². The average Bonchev–Trinajstić information content (AvgIpc) is 2.01. The topological polar surface area (TPSA) is 64.3 Å². The van der Waals surface area contributed by atoms with Crippen molar-refractivity contribution in [2.45, 2.75) is 20.0 Å². The highest BCUT2D eigenvalue weighted by molar-refractivity contribution is 5.77. The Bertz CT molecular complexity index is 117. The van der Waals surface area contributed by atoms with Gasteiger partial charge in [0.25, 0.3) is 0 Å². The summed E-state index contributed by atoms with van der Waals surface area (Å²) in [6.07, 6.45) is 0.0653. The van der Waals surface area contributed by atoms with E-state index in [1.807, 2.05) is 13.8 Å². The fourth-order valence-corrected chi connectivity index (χ4v) is 0.673. The Morgan fingerprint density at radius 3 is 2.82 bits per heavy atom. The molecule has 0 radical (unpaired) electrons. The SMILES string of the molecule is CCOC(C)CNC(=O)CN. The lowest BCUT2D eigenvalue weighted by Crippen LogP contribution is -2.36. The van der Waals surface area contributed by atoms with Crippen molar-refractivity contribution in [1.29, 1.82) is 0 Å². The molecule has 4 nitrogen and oxygen atoms in total. The van der Waals surface area contributed by atoms with Crippen LogP contribution in [0.3, 0.4) is 0 Å². The minimum absolute atomic E-state index is 0.0405. The highest BCUT2D eigenvalue weighted by atomic mass is 16.5. The molecule has 1 atom stereocenters. The van der Waals surface area contributed by atoms with Gasteiger partial charge in [-0.2, -0.15) is 0 Å². The minimum Gasteiger partial charge on any atom is -0.377 e. The van der Waals surface area contributed by atoms with Crippen molar-refractivity contribution in [2.24, 2.45) is 5.73 Å². The number of carbonyl (C=O) groups excluding carboxylic acids is 1. The number of nitrogens with two attached hydrogens (primary N) is 1. The van der Waals surface area contributed by atoms with Crippen LogP contribution in [0.25, 0.3) is 0 Å². The lowest BCUT2D eigenvalue weighted by Gasteiger charge is -2.11. The van der Waals surface area contributed by atoms with Gasteiger partial charge in [-0.05, 0) is 13.8 Å². The first-order chi connectivity index (χ1) is 5.20. The third-order valence-electron chi connectivity index (χ3n) is 1.22. The summed E-state index contributed by atoms with van der Waals surface area (Å²) >= 11 is 0. The molecular formula is C7H16N2O2. The van der Waals surface area contributed by atoms with E-state index in [0.717, 1.165) is 0 Å². The molecule has 0 aromatic rings. The molecule has 0 rings (SSSR count). The van der Waals surface area contributed by atoms with E-state index in [1.165, 1.54) is 0 Å². The zero-order valence-electron chi connectivity index (χ0n) is 7.09. The van der Waals surface area contributed by atoms with Gasteiger partial charge in [0.05, 0.1) is 12.6 Å². The van der Waals surface area contributed by atoms with Gasteiger partial charge in [0.15, 0.2) is 0 Å². The van der Waals surface area contributed by atoms with Gasteiger partial charge in [-0.15, -0.1) is 0 Å². The molecule has 66 valence electrons. The maximum Gasteiger partial charge on any atom is 0.233 e. The van der Waals surface area contributed by atoms with Crippen LogP contribution < -0.4 is 11.1 Å². The molecule has 3 N–H and O–H groups in total. The maximum absolute atomic E-state index is 10.6. The molecule has 0 saturated heterocycles. The van der Waals surface area contributed by atoms with Crippen LogP contribution in [-0.2, 0) is 9.53 Å². The van der Waals surface area contributed by atoms with Gasteiger partial charge in [-0.1, -0.05) is 0 Å². The number of hydrogen-bond donors (Lipinski definition) is 2.